The highest BCUT2D eigenvalue weighted by atomic mass is 16.5. The van der Waals surface area contributed by atoms with Crippen molar-refractivity contribution < 1.29 is 14.3 Å². The van der Waals surface area contributed by atoms with Gasteiger partial charge in [-0.3, -0.25) is 4.79 Å². The average Bonchev–Trinajstić information content (AvgIpc) is 2.72. The number of likely N-dealkylation sites (tertiary alicyclic amines) is 1. The summed E-state index contributed by atoms with van der Waals surface area (Å²) < 4.78 is 10.2. The Labute approximate surface area is 152 Å². The fraction of sp³-hybridized carbons (Fsp3) is 0.444. The molecular formula is C18H23N5O3. The summed E-state index contributed by atoms with van der Waals surface area (Å²) in [7, 11) is 4.80. The van der Waals surface area contributed by atoms with Gasteiger partial charge in [0.2, 0.25) is 5.88 Å². The van der Waals surface area contributed by atoms with E-state index >= 15 is 0 Å². The van der Waals surface area contributed by atoms with Gasteiger partial charge in [-0.05, 0) is 30.5 Å². The number of methoxy groups -OCH3 is 2. The number of carbonyl (C=O) groups excluding carboxylic acids is 1. The summed E-state index contributed by atoms with van der Waals surface area (Å²) >= 11 is 0. The van der Waals surface area contributed by atoms with Gasteiger partial charge in [0.15, 0.2) is 0 Å². The lowest BCUT2D eigenvalue weighted by Gasteiger charge is -2.33. The van der Waals surface area contributed by atoms with Gasteiger partial charge in [-0.2, -0.15) is 9.97 Å². The summed E-state index contributed by atoms with van der Waals surface area (Å²) in [6.07, 6.45) is 3.77. The predicted molar refractivity (Wildman–Crippen MR) is 96.8 cm³/mol. The zero-order chi connectivity index (χ0) is 18.5. The van der Waals surface area contributed by atoms with Crippen molar-refractivity contribution >= 4 is 11.7 Å². The fourth-order valence-corrected chi connectivity index (χ4v) is 3.14. The van der Waals surface area contributed by atoms with E-state index in [4.69, 9.17) is 9.47 Å². The van der Waals surface area contributed by atoms with Gasteiger partial charge in [0.05, 0.1) is 14.2 Å². The molecule has 1 atom stereocenters. The van der Waals surface area contributed by atoms with Gasteiger partial charge < -0.3 is 19.7 Å². The largest absolute Gasteiger partial charge is 0.481 e. The number of rotatable bonds is 5. The van der Waals surface area contributed by atoms with E-state index in [9.17, 15) is 4.79 Å². The normalized spacial score (nSPS) is 16.9. The molecule has 0 aliphatic carbocycles. The molecule has 1 amide bonds. The van der Waals surface area contributed by atoms with Crippen LogP contribution < -0.4 is 14.8 Å². The number of carbonyl (C=O) groups is 1. The highest BCUT2D eigenvalue weighted by molar-refractivity contribution is 5.92. The Kier molecular flexibility index (Phi) is 5.50. The number of hydrogen-bond donors (Lipinski definition) is 1. The molecule has 8 nitrogen and oxygen atoms in total. The van der Waals surface area contributed by atoms with Crippen molar-refractivity contribution in [3.05, 3.63) is 35.7 Å². The first-order chi connectivity index (χ1) is 12.6. The molecule has 26 heavy (non-hydrogen) atoms. The van der Waals surface area contributed by atoms with Crippen LogP contribution in [0.2, 0.25) is 0 Å². The van der Waals surface area contributed by atoms with Crippen molar-refractivity contribution in [2.24, 2.45) is 0 Å². The molecule has 138 valence electrons. The van der Waals surface area contributed by atoms with Crippen LogP contribution in [0.1, 0.15) is 34.8 Å². The van der Waals surface area contributed by atoms with Gasteiger partial charge in [0.1, 0.15) is 11.5 Å². The molecule has 0 saturated carbocycles. The van der Waals surface area contributed by atoms with Crippen molar-refractivity contribution in [2.75, 3.05) is 39.7 Å². The second-order valence-electron chi connectivity index (χ2n) is 6.10. The summed E-state index contributed by atoms with van der Waals surface area (Å²) in [6.45, 7) is 1.34. The molecule has 0 bridgehead atoms. The van der Waals surface area contributed by atoms with Crippen LogP contribution in [0.15, 0.2) is 24.4 Å². The van der Waals surface area contributed by atoms with Gasteiger partial charge in [-0.1, -0.05) is 0 Å². The number of nitrogens with zero attached hydrogens (tertiary/aromatic N) is 4. The molecule has 1 fully saturated rings. The van der Waals surface area contributed by atoms with Crippen LogP contribution in [0.25, 0.3) is 0 Å². The lowest BCUT2D eigenvalue weighted by atomic mass is 9.91. The lowest BCUT2D eigenvalue weighted by Crippen LogP contribution is -2.39. The predicted octanol–water partition coefficient (Wildman–Crippen LogP) is 1.95. The number of anilines is 1. The summed E-state index contributed by atoms with van der Waals surface area (Å²) in [5, 5.41) is 3.06. The van der Waals surface area contributed by atoms with Crippen molar-refractivity contribution in [3.63, 3.8) is 0 Å². The Hall–Kier alpha value is -2.90. The maximum atomic E-state index is 12.9. The molecule has 0 aromatic carbocycles. The molecule has 1 saturated heterocycles. The molecular weight excluding hydrogens is 334 g/mol. The topological polar surface area (TPSA) is 89.5 Å². The van der Waals surface area contributed by atoms with E-state index in [-0.39, 0.29) is 23.5 Å². The standard InChI is InChI=1S/C18H23N5O3/c1-19-15-9-12(6-7-20-15)13-5-4-8-23(11-13)17(24)14-10-16(25-2)22-18(21-14)26-3/h6-7,9-10,13H,4-5,8,11H2,1-3H3,(H,19,20). The smallest absolute Gasteiger partial charge is 0.320 e. The molecule has 3 heterocycles. The maximum absolute atomic E-state index is 12.9. The van der Waals surface area contributed by atoms with E-state index in [1.54, 1.807) is 12.3 Å². The second-order valence-corrected chi connectivity index (χ2v) is 6.10. The Morgan fingerprint density at radius 1 is 1.27 bits per heavy atom. The minimum Gasteiger partial charge on any atom is -0.481 e. The molecule has 0 spiro atoms. The van der Waals surface area contributed by atoms with E-state index in [2.05, 4.69) is 20.3 Å². The summed E-state index contributed by atoms with van der Waals surface area (Å²) in [4.78, 5) is 27.2. The maximum Gasteiger partial charge on any atom is 0.320 e. The minimum absolute atomic E-state index is 0.119. The molecule has 2 aromatic rings. The van der Waals surface area contributed by atoms with Crippen LogP contribution in [0.4, 0.5) is 5.82 Å². The Morgan fingerprint density at radius 3 is 2.85 bits per heavy atom. The van der Waals surface area contributed by atoms with Crippen LogP contribution in [0.5, 0.6) is 11.9 Å². The Bertz CT molecular complexity index is 761. The van der Waals surface area contributed by atoms with Gasteiger partial charge in [-0.25, -0.2) is 4.98 Å². The van der Waals surface area contributed by atoms with E-state index in [0.717, 1.165) is 18.7 Å². The lowest BCUT2D eigenvalue weighted by molar-refractivity contribution is 0.0699. The monoisotopic (exact) mass is 357 g/mol. The number of hydrogen-bond acceptors (Lipinski definition) is 7. The van der Waals surface area contributed by atoms with Gasteiger partial charge in [0, 0.05) is 38.3 Å². The number of aromatic nitrogens is 3. The molecule has 3 rings (SSSR count). The third-order valence-electron chi connectivity index (χ3n) is 4.51. The Balaban J connectivity index is 1.79. The van der Waals surface area contributed by atoms with E-state index in [1.165, 1.54) is 19.8 Å². The number of piperidine rings is 1. The van der Waals surface area contributed by atoms with Crippen LogP contribution >= 0.6 is 0 Å². The first-order valence-corrected chi connectivity index (χ1v) is 8.54. The molecule has 1 N–H and O–H groups in total. The van der Waals surface area contributed by atoms with Crippen molar-refractivity contribution in [3.8, 4) is 11.9 Å². The van der Waals surface area contributed by atoms with Crippen LogP contribution in [-0.4, -0.2) is 60.1 Å². The summed E-state index contributed by atoms with van der Waals surface area (Å²) in [5.74, 6) is 1.27. The van der Waals surface area contributed by atoms with E-state index in [1.807, 2.05) is 24.1 Å². The SMILES string of the molecule is CNc1cc(C2CCCN(C(=O)c3cc(OC)nc(OC)n3)C2)ccn1. The zero-order valence-electron chi connectivity index (χ0n) is 15.2. The molecule has 1 unspecified atom stereocenters. The van der Waals surface area contributed by atoms with Crippen LogP contribution in [0.3, 0.4) is 0 Å². The summed E-state index contributed by atoms with van der Waals surface area (Å²) in [6, 6.07) is 5.71. The third kappa shape index (κ3) is 3.84. The number of ether oxygens (including phenoxy) is 2. The first-order valence-electron chi connectivity index (χ1n) is 8.54. The zero-order valence-corrected chi connectivity index (χ0v) is 15.2. The van der Waals surface area contributed by atoms with Gasteiger partial charge in [-0.15, -0.1) is 0 Å². The van der Waals surface area contributed by atoms with E-state index < -0.39 is 0 Å². The van der Waals surface area contributed by atoms with Gasteiger partial charge in [0.25, 0.3) is 5.91 Å². The third-order valence-corrected chi connectivity index (χ3v) is 4.51. The molecule has 2 aromatic heterocycles. The van der Waals surface area contributed by atoms with Crippen molar-refractivity contribution in [2.45, 2.75) is 18.8 Å². The molecule has 1 aliphatic heterocycles. The van der Waals surface area contributed by atoms with Gasteiger partial charge >= 0.3 is 6.01 Å². The Morgan fingerprint density at radius 2 is 2.12 bits per heavy atom. The highest BCUT2D eigenvalue weighted by Gasteiger charge is 2.27. The quantitative estimate of drug-likeness (QED) is 0.875. The fourth-order valence-electron chi connectivity index (χ4n) is 3.14. The van der Waals surface area contributed by atoms with Crippen molar-refractivity contribution in [1.29, 1.82) is 0 Å². The molecule has 0 radical (unpaired) electrons. The first kappa shape index (κ1) is 17.9. The number of amides is 1. The van der Waals surface area contributed by atoms with Crippen molar-refractivity contribution in [1.82, 2.24) is 19.9 Å². The average molecular weight is 357 g/mol. The summed E-state index contributed by atoms with van der Waals surface area (Å²) in [5.41, 5.74) is 1.46. The molecule has 1 aliphatic rings. The van der Waals surface area contributed by atoms with Crippen LogP contribution in [-0.2, 0) is 0 Å². The molecule has 8 heteroatoms. The highest BCUT2D eigenvalue weighted by Crippen LogP contribution is 2.29. The van der Waals surface area contributed by atoms with E-state index in [0.29, 0.717) is 19.0 Å². The number of nitrogens with one attached hydrogen (secondary N) is 1. The van der Waals surface area contributed by atoms with Crippen LogP contribution in [0, 0.1) is 0 Å². The second kappa shape index (κ2) is 7.99. The minimum atomic E-state index is -0.142. The number of pyridine rings is 1.